The van der Waals surface area contributed by atoms with Crippen LogP contribution in [0.3, 0.4) is 0 Å². The predicted molar refractivity (Wildman–Crippen MR) is 62.6 cm³/mol. The van der Waals surface area contributed by atoms with Crippen molar-refractivity contribution < 1.29 is 0 Å². The molecule has 0 radical (unpaired) electrons. The summed E-state index contributed by atoms with van der Waals surface area (Å²) < 4.78 is 0. The molecule has 0 aliphatic heterocycles. The van der Waals surface area contributed by atoms with Gasteiger partial charge in [-0.1, -0.05) is 13.8 Å². The topological polar surface area (TPSA) is 51.8 Å². The predicted octanol–water partition coefficient (Wildman–Crippen LogP) is 2.01. The van der Waals surface area contributed by atoms with Gasteiger partial charge in [0.2, 0.25) is 0 Å². The molecule has 0 fully saturated rings. The molecule has 0 amide bonds. The molecule has 3 heteroatoms. The highest BCUT2D eigenvalue weighted by molar-refractivity contribution is 5.08. The van der Waals surface area contributed by atoms with Crippen molar-refractivity contribution in [3.63, 3.8) is 0 Å². The number of hydrogen-bond donors (Lipinski definition) is 1. The van der Waals surface area contributed by atoms with Gasteiger partial charge in [0.25, 0.3) is 0 Å². The molecule has 1 aromatic heterocycles. The summed E-state index contributed by atoms with van der Waals surface area (Å²) in [5.74, 6) is 1.51. The summed E-state index contributed by atoms with van der Waals surface area (Å²) in [6.45, 7) is 8.35. The molecule has 1 heterocycles. The van der Waals surface area contributed by atoms with Crippen molar-refractivity contribution in [1.29, 1.82) is 0 Å². The van der Waals surface area contributed by atoms with Crippen LogP contribution in [0.5, 0.6) is 0 Å². The Labute approximate surface area is 92.1 Å². The van der Waals surface area contributed by atoms with Crippen molar-refractivity contribution in [1.82, 2.24) is 9.97 Å². The van der Waals surface area contributed by atoms with Crippen LogP contribution in [0.15, 0.2) is 6.07 Å². The smallest absolute Gasteiger partial charge is 0.130 e. The highest BCUT2D eigenvalue weighted by Crippen LogP contribution is 2.07. The van der Waals surface area contributed by atoms with Crippen molar-refractivity contribution in [3.05, 3.63) is 23.3 Å². The van der Waals surface area contributed by atoms with Gasteiger partial charge in [-0.15, -0.1) is 0 Å². The lowest BCUT2D eigenvalue weighted by atomic mass is 10.0. The molecule has 0 spiro atoms. The summed E-state index contributed by atoms with van der Waals surface area (Å²) in [4.78, 5) is 8.78. The van der Waals surface area contributed by atoms with Gasteiger partial charge in [-0.3, -0.25) is 0 Å². The zero-order valence-electron chi connectivity index (χ0n) is 10.1. The van der Waals surface area contributed by atoms with Gasteiger partial charge in [0.15, 0.2) is 0 Å². The number of aromatic nitrogens is 2. The molecule has 2 N–H and O–H groups in total. The summed E-state index contributed by atoms with van der Waals surface area (Å²) in [5.41, 5.74) is 8.07. The van der Waals surface area contributed by atoms with Crippen LogP contribution in [-0.4, -0.2) is 16.0 Å². The van der Waals surface area contributed by atoms with Crippen LogP contribution in [0.4, 0.5) is 0 Å². The number of aryl methyl sites for hydroxylation is 2. The minimum Gasteiger partial charge on any atom is -0.327 e. The van der Waals surface area contributed by atoms with Gasteiger partial charge in [0, 0.05) is 23.9 Å². The van der Waals surface area contributed by atoms with Crippen LogP contribution < -0.4 is 5.73 Å². The Morgan fingerprint density at radius 3 is 2.20 bits per heavy atom. The highest BCUT2D eigenvalue weighted by Gasteiger charge is 2.09. The highest BCUT2D eigenvalue weighted by atomic mass is 14.9. The van der Waals surface area contributed by atoms with Crippen LogP contribution in [0, 0.1) is 19.8 Å². The fourth-order valence-electron chi connectivity index (χ4n) is 1.81. The van der Waals surface area contributed by atoms with E-state index in [9.17, 15) is 0 Å². The van der Waals surface area contributed by atoms with Gasteiger partial charge in [-0.25, -0.2) is 9.97 Å². The molecule has 0 aliphatic rings. The zero-order valence-corrected chi connectivity index (χ0v) is 10.1. The largest absolute Gasteiger partial charge is 0.327 e. The van der Waals surface area contributed by atoms with Crippen LogP contribution in [-0.2, 0) is 6.42 Å². The lowest BCUT2D eigenvalue weighted by molar-refractivity contribution is 0.486. The average Bonchev–Trinajstić information content (AvgIpc) is 1.98. The maximum Gasteiger partial charge on any atom is 0.130 e. The lowest BCUT2D eigenvalue weighted by Crippen LogP contribution is -2.26. The van der Waals surface area contributed by atoms with Crippen molar-refractivity contribution in [2.24, 2.45) is 11.7 Å². The number of nitrogens with two attached hydrogens (primary N) is 1. The molecule has 1 rings (SSSR count). The molecule has 0 aliphatic carbocycles. The van der Waals surface area contributed by atoms with E-state index >= 15 is 0 Å². The van der Waals surface area contributed by atoms with Crippen molar-refractivity contribution in [3.8, 4) is 0 Å². The SMILES string of the molecule is Cc1cc(C)nc(CC(N)CC(C)C)n1. The standard InChI is InChI=1S/C12H21N3/c1-8(2)5-11(13)7-12-14-9(3)6-10(4)15-12/h6,8,11H,5,7,13H2,1-4H3. The summed E-state index contributed by atoms with van der Waals surface area (Å²) in [6.07, 6.45) is 1.80. The normalized spacial score (nSPS) is 13.2. The quantitative estimate of drug-likeness (QED) is 0.821. The van der Waals surface area contributed by atoms with E-state index in [1.165, 1.54) is 0 Å². The third kappa shape index (κ3) is 4.38. The maximum atomic E-state index is 6.03. The summed E-state index contributed by atoms with van der Waals surface area (Å²) in [7, 11) is 0. The number of nitrogens with zero attached hydrogens (tertiary/aromatic N) is 2. The Morgan fingerprint density at radius 2 is 1.73 bits per heavy atom. The van der Waals surface area contributed by atoms with Gasteiger partial charge < -0.3 is 5.73 Å². The molecule has 84 valence electrons. The van der Waals surface area contributed by atoms with Crippen LogP contribution in [0.25, 0.3) is 0 Å². The summed E-state index contributed by atoms with van der Waals surface area (Å²) >= 11 is 0. The number of hydrogen-bond acceptors (Lipinski definition) is 3. The van der Waals surface area contributed by atoms with E-state index in [4.69, 9.17) is 5.73 Å². The van der Waals surface area contributed by atoms with Gasteiger partial charge >= 0.3 is 0 Å². The third-order valence-electron chi connectivity index (χ3n) is 2.25. The molecule has 0 saturated carbocycles. The molecule has 0 aromatic carbocycles. The first-order valence-corrected chi connectivity index (χ1v) is 5.54. The molecule has 0 saturated heterocycles. The minimum absolute atomic E-state index is 0.172. The molecule has 1 atom stereocenters. The van der Waals surface area contributed by atoms with Crippen molar-refractivity contribution >= 4 is 0 Å². The van der Waals surface area contributed by atoms with Crippen molar-refractivity contribution in [2.45, 2.75) is 46.6 Å². The van der Waals surface area contributed by atoms with Gasteiger partial charge in [0.05, 0.1) is 0 Å². The van der Waals surface area contributed by atoms with E-state index in [-0.39, 0.29) is 6.04 Å². The van der Waals surface area contributed by atoms with E-state index in [1.807, 2.05) is 19.9 Å². The molecule has 15 heavy (non-hydrogen) atoms. The molecular formula is C12H21N3. The Hall–Kier alpha value is -0.960. The zero-order chi connectivity index (χ0) is 11.4. The molecule has 1 unspecified atom stereocenters. The Morgan fingerprint density at radius 1 is 1.20 bits per heavy atom. The van der Waals surface area contributed by atoms with Crippen LogP contribution >= 0.6 is 0 Å². The van der Waals surface area contributed by atoms with Gasteiger partial charge in [0.1, 0.15) is 5.82 Å². The third-order valence-corrected chi connectivity index (χ3v) is 2.25. The first-order chi connectivity index (χ1) is 6.97. The fourth-order valence-corrected chi connectivity index (χ4v) is 1.81. The second-order valence-electron chi connectivity index (χ2n) is 4.66. The van der Waals surface area contributed by atoms with Gasteiger partial charge in [-0.05, 0) is 32.3 Å². The molecule has 3 nitrogen and oxygen atoms in total. The first kappa shape index (κ1) is 12.1. The molecule has 1 aromatic rings. The van der Waals surface area contributed by atoms with Gasteiger partial charge in [-0.2, -0.15) is 0 Å². The van der Waals surface area contributed by atoms with E-state index in [0.717, 1.165) is 30.1 Å². The second kappa shape index (κ2) is 5.21. The first-order valence-electron chi connectivity index (χ1n) is 5.54. The maximum absolute atomic E-state index is 6.03. The average molecular weight is 207 g/mol. The summed E-state index contributed by atoms with van der Waals surface area (Å²) in [5, 5.41) is 0. The Bertz CT molecular complexity index is 300. The minimum atomic E-state index is 0.172. The van der Waals surface area contributed by atoms with E-state index in [0.29, 0.717) is 5.92 Å². The van der Waals surface area contributed by atoms with Crippen LogP contribution in [0.2, 0.25) is 0 Å². The van der Waals surface area contributed by atoms with Crippen LogP contribution in [0.1, 0.15) is 37.5 Å². The van der Waals surface area contributed by atoms with E-state index < -0.39 is 0 Å². The Balaban J connectivity index is 2.63. The molecule has 0 bridgehead atoms. The van der Waals surface area contributed by atoms with Crippen molar-refractivity contribution in [2.75, 3.05) is 0 Å². The van der Waals surface area contributed by atoms with E-state index in [1.54, 1.807) is 0 Å². The second-order valence-corrected chi connectivity index (χ2v) is 4.66. The fraction of sp³-hybridized carbons (Fsp3) is 0.667. The Kier molecular flexibility index (Phi) is 4.21. The monoisotopic (exact) mass is 207 g/mol. The summed E-state index contributed by atoms with van der Waals surface area (Å²) in [6, 6.07) is 2.16. The van der Waals surface area contributed by atoms with E-state index in [2.05, 4.69) is 23.8 Å². The number of rotatable bonds is 4. The lowest BCUT2D eigenvalue weighted by Gasteiger charge is -2.13. The molecular weight excluding hydrogens is 186 g/mol.